The number of nitrogens with zero attached hydrogens (tertiary/aromatic N) is 1. The van der Waals surface area contributed by atoms with Gasteiger partial charge in [-0.1, -0.05) is 17.7 Å². The SMILES string of the molecule is CN=C(NCCC(=O)Nc1ccc(C)cc1Cl)NCC1CCCS1.I. The molecule has 0 aliphatic carbocycles. The Morgan fingerprint density at radius 2 is 2.20 bits per heavy atom. The molecule has 0 saturated carbocycles. The molecule has 0 radical (unpaired) electrons. The van der Waals surface area contributed by atoms with Crippen molar-refractivity contribution in [2.75, 3.05) is 31.2 Å². The highest BCUT2D eigenvalue weighted by atomic mass is 127. The molecule has 1 fully saturated rings. The Hall–Kier alpha value is -0.670. The van der Waals surface area contributed by atoms with Crippen molar-refractivity contribution in [2.45, 2.75) is 31.4 Å². The first-order valence-electron chi connectivity index (χ1n) is 8.20. The molecule has 8 heteroatoms. The van der Waals surface area contributed by atoms with Crippen molar-refractivity contribution in [3.8, 4) is 0 Å². The summed E-state index contributed by atoms with van der Waals surface area (Å²) >= 11 is 8.13. The molecule has 1 saturated heterocycles. The molecule has 0 aromatic heterocycles. The number of aryl methyl sites for hydroxylation is 1. The molecular weight excluding hydrogens is 471 g/mol. The number of carbonyl (C=O) groups is 1. The summed E-state index contributed by atoms with van der Waals surface area (Å²) in [6.45, 7) is 3.40. The van der Waals surface area contributed by atoms with Gasteiger partial charge in [0, 0.05) is 31.8 Å². The molecule has 3 N–H and O–H groups in total. The Morgan fingerprint density at radius 3 is 2.84 bits per heavy atom. The highest BCUT2D eigenvalue weighted by molar-refractivity contribution is 14.0. The summed E-state index contributed by atoms with van der Waals surface area (Å²) < 4.78 is 0. The number of hydrogen-bond acceptors (Lipinski definition) is 3. The third-order valence-corrected chi connectivity index (χ3v) is 5.50. The summed E-state index contributed by atoms with van der Waals surface area (Å²) in [6, 6.07) is 5.58. The molecule has 1 unspecified atom stereocenters. The Kier molecular flexibility index (Phi) is 10.6. The molecule has 0 bridgehead atoms. The molecule has 5 nitrogen and oxygen atoms in total. The Balaban J connectivity index is 0.00000312. The summed E-state index contributed by atoms with van der Waals surface area (Å²) in [4.78, 5) is 16.2. The van der Waals surface area contributed by atoms with Crippen LogP contribution in [-0.4, -0.2) is 43.0 Å². The number of guanidine groups is 1. The zero-order valence-corrected chi connectivity index (χ0v) is 18.5. The lowest BCUT2D eigenvalue weighted by Gasteiger charge is -2.14. The lowest BCUT2D eigenvalue weighted by molar-refractivity contribution is -0.116. The molecule has 0 spiro atoms. The van der Waals surface area contributed by atoms with Gasteiger partial charge in [-0.05, 0) is 43.2 Å². The van der Waals surface area contributed by atoms with Gasteiger partial charge in [-0.2, -0.15) is 11.8 Å². The molecule has 1 aromatic carbocycles. The third kappa shape index (κ3) is 8.04. The summed E-state index contributed by atoms with van der Waals surface area (Å²) in [6.07, 6.45) is 2.91. The van der Waals surface area contributed by atoms with Crippen LogP contribution in [0.15, 0.2) is 23.2 Å². The van der Waals surface area contributed by atoms with E-state index in [0.29, 0.717) is 28.9 Å². The largest absolute Gasteiger partial charge is 0.356 e. The van der Waals surface area contributed by atoms with Crippen LogP contribution in [0.25, 0.3) is 0 Å². The van der Waals surface area contributed by atoms with Crippen molar-refractivity contribution in [2.24, 2.45) is 4.99 Å². The normalized spacial score (nSPS) is 16.9. The van der Waals surface area contributed by atoms with Gasteiger partial charge in [-0.3, -0.25) is 9.79 Å². The standard InChI is InChI=1S/C17H25ClN4OS.HI/c1-12-5-6-15(14(18)10-12)22-16(23)7-8-20-17(19-2)21-11-13-4-3-9-24-13;/h5-6,10,13H,3-4,7-9,11H2,1-2H3,(H,22,23)(H2,19,20,21);1H. The van der Waals surface area contributed by atoms with Crippen LogP contribution in [0.5, 0.6) is 0 Å². The number of amides is 1. The fourth-order valence-corrected chi connectivity index (χ4v) is 3.95. The van der Waals surface area contributed by atoms with E-state index in [1.807, 2.05) is 36.9 Å². The van der Waals surface area contributed by atoms with Crippen LogP contribution >= 0.6 is 47.3 Å². The first-order valence-corrected chi connectivity index (χ1v) is 9.63. The van der Waals surface area contributed by atoms with Gasteiger partial charge in [0.25, 0.3) is 0 Å². The number of benzene rings is 1. The fourth-order valence-electron chi connectivity index (χ4n) is 2.47. The number of hydrogen-bond donors (Lipinski definition) is 3. The van der Waals surface area contributed by atoms with Crippen molar-refractivity contribution in [1.29, 1.82) is 0 Å². The van der Waals surface area contributed by atoms with Gasteiger partial charge in [0.05, 0.1) is 10.7 Å². The predicted octanol–water partition coefficient (Wildman–Crippen LogP) is 3.66. The fraction of sp³-hybridized carbons (Fsp3) is 0.529. The zero-order valence-electron chi connectivity index (χ0n) is 14.6. The highest BCUT2D eigenvalue weighted by Crippen LogP contribution is 2.25. The van der Waals surface area contributed by atoms with Crippen molar-refractivity contribution < 1.29 is 4.79 Å². The van der Waals surface area contributed by atoms with Crippen molar-refractivity contribution in [1.82, 2.24) is 10.6 Å². The van der Waals surface area contributed by atoms with E-state index < -0.39 is 0 Å². The van der Waals surface area contributed by atoms with E-state index in [4.69, 9.17) is 11.6 Å². The molecule has 1 amide bonds. The molecule has 1 aliphatic rings. The van der Waals surface area contributed by atoms with E-state index in [0.717, 1.165) is 18.1 Å². The van der Waals surface area contributed by atoms with E-state index in [9.17, 15) is 4.79 Å². The number of carbonyl (C=O) groups excluding carboxylic acids is 1. The first-order chi connectivity index (χ1) is 11.6. The minimum absolute atomic E-state index is 0. The average molecular weight is 497 g/mol. The average Bonchev–Trinajstić information content (AvgIpc) is 3.07. The number of rotatable bonds is 6. The van der Waals surface area contributed by atoms with Crippen LogP contribution < -0.4 is 16.0 Å². The Bertz CT molecular complexity index is 594. The van der Waals surface area contributed by atoms with Crippen LogP contribution in [0.2, 0.25) is 5.02 Å². The number of halogens is 2. The van der Waals surface area contributed by atoms with Crippen LogP contribution in [0, 0.1) is 6.92 Å². The monoisotopic (exact) mass is 496 g/mol. The number of thioether (sulfide) groups is 1. The van der Waals surface area contributed by atoms with Crippen LogP contribution in [0.1, 0.15) is 24.8 Å². The zero-order chi connectivity index (χ0) is 17.4. The van der Waals surface area contributed by atoms with Crippen LogP contribution in [-0.2, 0) is 4.79 Å². The maximum absolute atomic E-state index is 12.0. The van der Waals surface area contributed by atoms with E-state index in [-0.39, 0.29) is 29.9 Å². The summed E-state index contributed by atoms with van der Waals surface area (Å²) in [5.41, 5.74) is 1.71. The minimum atomic E-state index is -0.0740. The van der Waals surface area contributed by atoms with E-state index in [1.54, 1.807) is 7.05 Å². The molecular formula is C17H26ClIN4OS. The van der Waals surface area contributed by atoms with Crippen molar-refractivity contribution in [3.05, 3.63) is 28.8 Å². The third-order valence-electron chi connectivity index (χ3n) is 3.79. The maximum atomic E-state index is 12.0. The van der Waals surface area contributed by atoms with Crippen molar-refractivity contribution in [3.63, 3.8) is 0 Å². The predicted molar refractivity (Wildman–Crippen MR) is 120 cm³/mol. The molecule has 25 heavy (non-hydrogen) atoms. The lowest BCUT2D eigenvalue weighted by Crippen LogP contribution is -2.41. The topological polar surface area (TPSA) is 65.5 Å². The van der Waals surface area contributed by atoms with Gasteiger partial charge in [0.15, 0.2) is 5.96 Å². The van der Waals surface area contributed by atoms with Gasteiger partial charge in [-0.25, -0.2) is 0 Å². The smallest absolute Gasteiger partial charge is 0.226 e. The molecule has 2 rings (SSSR count). The quantitative estimate of drug-likeness (QED) is 0.319. The molecule has 140 valence electrons. The second-order valence-corrected chi connectivity index (χ2v) is 7.61. The second-order valence-electron chi connectivity index (χ2n) is 5.80. The minimum Gasteiger partial charge on any atom is -0.356 e. The number of anilines is 1. The number of nitrogens with one attached hydrogen (secondary N) is 3. The maximum Gasteiger partial charge on any atom is 0.226 e. The molecule has 1 heterocycles. The summed E-state index contributed by atoms with van der Waals surface area (Å²) in [7, 11) is 1.74. The van der Waals surface area contributed by atoms with E-state index in [2.05, 4.69) is 20.9 Å². The van der Waals surface area contributed by atoms with Crippen molar-refractivity contribution >= 4 is 64.9 Å². The van der Waals surface area contributed by atoms with Gasteiger partial charge < -0.3 is 16.0 Å². The highest BCUT2D eigenvalue weighted by Gasteiger charge is 2.15. The summed E-state index contributed by atoms with van der Waals surface area (Å²) in [5, 5.41) is 10.5. The molecule has 1 aromatic rings. The summed E-state index contributed by atoms with van der Waals surface area (Å²) in [5.74, 6) is 1.92. The Labute approximate surface area is 176 Å². The van der Waals surface area contributed by atoms with Gasteiger partial charge in [-0.15, -0.1) is 24.0 Å². The van der Waals surface area contributed by atoms with Gasteiger partial charge in [0.2, 0.25) is 5.91 Å². The van der Waals surface area contributed by atoms with Crippen LogP contribution in [0.3, 0.4) is 0 Å². The van der Waals surface area contributed by atoms with Crippen LogP contribution in [0.4, 0.5) is 5.69 Å². The molecule has 1 aliphatic heterocycles. The Morgan fingerprint density at radius 1 is 1.40 bits per heavy atom. The second kappa shape index (κ2) is 11.9. The van der Waals surface area contributed by atoms with Gasteiger partial charge >= 0.3 is 0 Å². The first kappa shape index (κ1) is 22.4. The number of aliphatic imine (C=N–C) groups is 1. The van der Waals surface area contributed by atoms with E-state index >= 15 is 0 Å². The lowest BCUT2D eigenvalue weighted by atomic mass is 10.2. The molecule has 1 atom stereocenters. The van der Waals surface area contributed by atoms with E-state index in [1.165, 1.54) is 18.6 Å². The van der Waals surface area contributed by atoms with Gasteiger partial charge in [0.1, 0.15) is 0 Å².